The second-order valence-electron chi connectivity index (χ2n) is 4.86. The van der Waals surface area contributed by atoms with Crippen LogP contribution >= 0.6 is 0 Å². The third kappa shape index (κ3) is 2.70. The fraction of sp³-hybridized carbons (Fsp3) is 0.600. The molecular weight excluding hydrogens is 208 g/mol. The minimum atomic E-state index is -2.39. The van der Waals surface area contributed by atoms with Crippen LogP contribution in [0.25, 0.3) is 0 Å². The fourth-order valence-corrected chi connectivity index (χ4v) is 2.39. The molecule has 1 aliphatic heterocycles. The fourth-order valence-electron chi connectivity index (χ4n) is 2.39. The zero-order valence-electron chi connectivity index (χ0n) is 15.4. The summed E-state index contributed by atoms with van der Waals surface area (Å²) in [6.45, 7) is 0.483. The molecule has 1 heterocycles. The molecule has 1 aromatic carbocycles. The first kappa shape index (κ1) is 7.55. The molecule has 2 nitrogen and oxygen atoms in total. The first-order valence-corrected chi connectivity index (χ1v) is 6.27. The van der Waals surface area contributed by atoms with Crippen LogP contribution in [-0.4, -0.2) is 23.5 Å². The van der Waals surface area contributed by atoms with Gasteiger partial charge < -0.3 is 5.73 Å². The van der Waals surface area contributed by atoms with E-state index in [2.05, 4.69) is 5.73 Å². The lowest BCUT2D eigenvalue weighted by molar-refractivity contribution is 0.0730. The maximum absolute atomic E-state index is 8.86. The second-order valence-corrected chi connectivity index (χ2v) is 4.86. The van der Waals surface area contributed by atoms with Gasteiger partial charge in [0.05, 0.1) is 1.37 Å². The van der Waals surface area contributed by atoms with Crippen molar-refractivity contribution >= 4 is 0 Å². The molecule has 0 radical (unpaired) electrons. The van der Waals surface area contributed by atoms with Gasteiger partial charge in [0.2, 0.25) is 0 Å². The molecule has 17 heavy (non-hydrogen) atoms. The van der Waals surface area contributed by atoms with Crippen molar-refractivity contribution in [3.63, 3.8) is 0 Å². The number of hydrogen-bond acceptors (Lipinski definition) is 2. The topological polar surface area (TPSA) is 29.3 Å². The van der Waals surface area contributed by atoms with Crippen LogP contribution in [-0.2, 0) is 0 Å². The number of nitrogens with zero attached hydrogens (tertiary/aromatic N) is 1. The Bertz CT molecular complexity index is 486. The normalized spacial score (nSPS) is 29.8. The predicted octanol–water partition coefficient (Wildman–Crippen LogP) is 2.95. The summed E-state index contributed by atoms with van der Waals surface area (Å²) >= 11 is 0. The highest BCUT2D eigenvalue weighted by molar-refractivity contribution is 5.22. The molecule has 2 heteroatoms. The van der Waals surface area contributed by atoms with Crippen LogP contribution in [0.3, 0.4) is 0 Å². The Morgan fingerprint density at radius 2 is 2.06 bits per heavy atom. The summed E-state index contributed by atoms with van der Waals surface area (Å²) in [5, 5.41) is 0. The summed E-state index contributed by atoms with van der Waals surface area (Å²) in [5.74, 6) is 0. The minimum Gasteiger partial charge on any atom is -0.322 e. The molecule has 0 aromatic heterocycles. The van der Waals surface area contributed by atoms with Crippen molar-refractivity contribution in [1.82, 2.24) is 4.90 Å². The van der Waals surface area contributed by atoms with Gasteiger partial charge in [-0.05, 0) is 45.3 Å². The molecule has 2 N–H and O–H groups in total. The average Bonchev–Trinajstić information content (AvgIpc) is 2.53. The van der Waals surface area contributed by atoms with Crippen LogP contribution in [0.1, 0.15) is 50.1 Å². The molecule has 1 fully saturated rings. The zero-order chi connectivity index (χ0) is 16.4. The van der Waals surface area contributed by atoms with E-state index in [1.165, 1.54) is 0 Å². The molecule has 2 rings (SSSR count). The molecule has 0 amide bonds. The summed E-state index contributed by atoms with van der Waals surface area (Å²) in [6, 6.07) is 7.04. The van der Waals surface area contributed by atoms with Crippen molar-refractivity contribution in [2.75, 3.05) is 13.1 Å². The largest absolute Gasteiger partial charge is 0.322 e. The van der Waals surface area contributed by atoms with Gasteiger partial charge in [-0.15, -0.1) is 0 Å². The van der Waals surface area contributed by atoms with Crippen molar-refractivity contribution in [2.45, 2.75) is 44.6 Å². The quantitative estimate of drug-likeness (QED) is 0.872. The van der Waals surface area contributed by atoms with E-state index in [9.17, 15) is 0 Å². The van der Waals surface area contributed by atoms with E-state index < -0.39 is 18.4 Å². The summed E-state index contributed by atoms with van der Waals surface area (Å²) in [7, 11) is 0. The molecule has 2 atom stereocenters. The molecule has 1 saturated heterocycles. The Balaban J connectivity index is 2.55. The summed E-state index contributed by atoms with van der Waals surface area (Å²) < 4.78 is 40.8. The number of piperidine rings is 1. The van der Waals surface area contributed by atoms with Crippen LogP contribution < -0.4 is 5.73 Å². The smallest absolute Gasteiger partial charge is 0.119 e. The molecule has 2 unspecified atom stereocenters. The average molecular weight is 237 g/mol. The van der Waals surface area contributed by atoms with E-state index in [4.69, 9.17) is 6.89 Å². The van der Waals surface area contributed by atoms with Gasteiger partial charge in [-0.3, -0.25) is 4.90 Å². The SMILES string of the molecule is [2H]NC([2H])(c1ccccc1)C(C)(N1CCCCC1)C([2H])([2H])[2H]. The van der Waals surface area contributed by atoms with Crippen molar-refractivity contribution in [2.24, 2.45) is 5.73 Å². The number of benzene rings is 1. The van der Waals surface area contributed by atoms with E-state index in [-0.39, 0.29) is 0 Å². The Morgan fingerprint density at radius 1 is 1.35 bits per heavy atom. The molecule has 1 aliphatic rings. The van der Waals surface area contributed by atoms with Crippen LogP contribution in [0.15, 0.2) is 30.3 Å². The number of nitrogens with two attached hydrogens (primary N) is 1. The molecule has 94 valence electrons. The highest BCUT2D eigenvalue weighted by Gasteiger charge is 2.34. The van der Waals surface area contributed by atoms with E-state index in [0.717, 1.165) is 19.3 Å². The maximum atomic E-state index is 8.86. The van der Waals surface area contributed by atoms with Crippen molar-refractivity contribution in [1.29, 1.82) is 0 Å². The Kier molecular flexibility index (Phi) is 2.31. The Labute approximate surface area is 112 Å². The standard InChI is InChI=1S/C15H24N2/c1-15(2,17-11-7-4-8-12-17)14(16)13-9-5-3-6-10-13/h3,5-6,9-10,14H,4,7-8,11-12,16H2,1-2H3/i1D3,14D/hD. The van der Waals surface area contributed by atoms with Crippen molar-refractivity contribution in [3.8, 4) is 0 Å². The first-order chi connectivity index (χ1) is 10.3. The van der Waals surface area contributed by atoms with Gasteiger partial charge in [-0.2, -0.15) is 0 Å². The summed E-state index contributed by atoms with van der Waals surface area (Å²) in [6.07, 6.45) is 2.93. The van der Waals surface area contributed by atoms with Gasteiger partial charge in [-0.25, -0.2) is 0 Å². The zero-order valence-corrected chi connectivity index (χ0v) is 10.4. The van der Waals surface area contributed by atoms with Crippen LogP contribution in [0, 0.1) is 0 Å². The van der Waals surface area contributed by atoms with Crippen LogP contribution in [0.4, 0.5) is 0 Å². The van der Waals surface area contributed by atoms with Crippen LogP contribution in [0.2, 0.25) is 1.41 Å². The second kappa shape index (κ2) is 5.19. The molecule has 0 saturated carbocycles. The van der Waals surface area contributed by atoms with E-state index in [1.54, 1.807) is 31.2 Å². The van der Waals surface area contributed by atoms with Crippen molar-refractivity contribution in [3.05, 3.63) is 35.9 Å². The van der Waals surface area contributed by atoms with Gasteiger partial charge in [0.25, 0.3) is 0 Å². The highest BCUT2D eigenvalue weighted by atomic mass is 15.2. The van der Waals surface area contributed by atoms with E-state index >= 15 is 0 Å². The first-order valence-electron chi connectivity index (χ1n) is 8.77. The van der Waals surface area contributed by atoms with Gasteiger partial charge in [0.15, 0.2) is 0 Å². The summed E-state index contributed by atoms with van der Waals surface area (Å²) in [5.41, 5.74) is 1.27. The Morgan fingerprint density at radius 3 is 2.65 bits per heavy atom. The molecule has 0 bridgehead atoms. The lowest BCUT2D eigenvalue weighted by Crippen LogP contribution is -2.53. The molecule has 0 aliphatic carbocycles. The number of hydrogen-bond donors (Lipinski definition) is 1. The lowest BCUT2D eigenvalue weighted by atomic mass is 9.86. The third-order valence-electron chi connectivity index (χ3n) is 3.54. The predicted molar refractivity (Wildman–Crippen MR) is 72.9 cm³/mol. The maximum Gasteiger partial charge on any atom is 0.119 e. The monoisotopic (exact) mass is 237 g/mol. The number of likely N-dealkylation sites (tertiary alicyclic amines) is 1. The van der Waals surface area contributed by atoms with Gasteiger partial charge >= 0.3 is 0 Å². The highest BCUT2D eigenvalue weighted by Crippen LogP contribution is 2.31. The van der Waals surface area contributed by atoms with Crippen molar-refractivity contribution < 1.29 is 6.89 Å². The minimum absolute atomic E-state index is 0.495. The molecular formula is C15H24N2. The van der Waals surface area contributed by atoms with Gasteiger partial charge in [0, 0.05) is 15.7 Å². The van der Waals surface area contributed by atoms with E-state index in [0.29, 0.717) is 18.7 Å². The molecule has 1 aromatic rings. The van der Waals surface area contributed by atoms with Gasteiger partial charge in [-0.1, -0.05) is 36.8 Å². The Hall–Kier alpha value is -0.860. The van der Waals surface area contributed by atoms with Crippen LogP contribution in [0.5, 0.6) is 0 Å². The summed E-state index contributed by atoms with van der Waals surface area (Å²) in [4.78, 5) is 1.87. The van der Waals surface area contributed by atoms with E-state index in [1.807, 2.05) is 11.0 Å². The third-order valence-corrected chi connectivity index (χ3v) is 3.54. The lowest BCUT2D eigenvalue weighted by Gasteiger charge is -2.44. The molecule has 0 spiro atoms. The number of rotatable bonds is 4. The van der Waals surface area contributed by atoms with Gasteiger partial charge in [0.1, 0.15) is 1.41 Å².